The first-order valence-corrected chi connectivity index (χ1v) is 3.91. The summed E-state index contributed by atoms with van der Waals surface area (Å²) in [5, 5.41) is 9.53. The second kappa shape index (κ2) is 9.77. The molecule has 0 unspecified atom stereocenters. The zero-order valence-corrected chi connectivity index (χ0v) is 9.70. The molecule has 0 spiro atoms. The van der Waals surface area contributed by atoms with Crippen molar-refractivity contribution in [3.63, 3.8) is 0 Å². The minimum atomic E-state index is -0.417. The number of benzene rings is 1. The summed E-state index contributed by atoms with van der Waals surface area (Å²) in [6.45, 7) is 6.83. The predicted molar refractivity (Wildman–Crippen MR) is 56.3 cm³/mol. The van der Waals surface area contributed by atoms with E-state index in [2.05, 4.69) is 12.6 Å². The molecule has 66 valence electrons. The first kappa shape index (κ1) is 15.2. The fourth-order valence-electron chi connectivity index (χ4n) is 0.534. The topological polar surface area (TPSA) is 23.1 Å². The smallest absolute Gasteiger partial charge is 0.852 e. The molecule has 13 heavy (non-hydrogen) atoms. The van der Waals surface area contributed by atoms with Crippen molar-refractivity contribution < 1.29 is 5.11 Å². The van der Waals surface area contributed by atoms with E-state index in [1.54, 1.807) is 19.9 Å². The number of rotatable bonds is 1. The van der Waals surface area contributed by atoms with Crippen molar-refractivity contribution in [3.8, 4) is 0 Å². The Hall–Kier alpha value is -0.314. The van der Waals surface area contributed by atoms with E-state index in [0.29, 0.717) is 0 Å². The standard InChI is InChI=1S/C8H7.C3H7O.Mg/c1-2-8-6-4-3-5-7-8;1-3(2)4;/h2-4,6-7H,1H2;3H,1-2H3;/q2*-1;+2. The van der Waals surface area contributed by atoms with Crippen LogP contribution < -0.4 is 5.11 Å². The van der Waals surface area contributed by atoms with Gasteiger partial charge in [-0.1, -0.05) is 13.8 Å². The largest absolute Gasteiger partial charge is 2.00 e. The summed E-state index contributed by atoms with van der Waals surface area (Å²) in [5.74, 6) is 0. The Bertz CT molecular complexity index is 204. The van der Waals surface area contributed by atoms with Crippen LogP contribution in [-0.2, 0) is 0 Å². The van der Waals surface area contributed by atoms with E-state index in [0.717, 1.165) is 5.56 Å². The molecule has 1 rings (SSSR count). The molecule has 0 atom stereocenters. The van der Waals surface area contributed by atoms with E-state index in [1.807, 2.05) is 24.3 Å². The number of hydrogen-bond donors (Lipinski definition) is 0. The van der Waals surface area contributed by atoms with E-state index in [-0.39, 0.29) is 23.1 Å². The summed E-state index contributed by atoms with van der Waals surface area (Å²) in [6.07, 6.45) is 1.39. The quantitative estimate of drug-likeness (QED) is 0.482. The zero-order chi connectivity index (χ0) is 9.40. The number of hydrogen-bond acceptors (Lipinski definition) is 1. The summed E-state index contributed by atoms with van der Waals surface area (Å²) < 4.78 is 0. The Kier molecular flexibility index (Phi) is 11.4. The van der Waals surface area contributed by atoms with Gasteiger partial charge in [0.05, 0.1) is 0 Å². The van der Waals surface area contributed by atoms with Crippen molar-refractivity contribution in [2.24, 2.45) is 0 Å². The van der Waals surface area contributed by atoms with Gasteiger partial charge in [0.15, 0.2) is 0 Å². The maximum atomic E-state index is 9.53. The molecule has 1 aromatic rings. The van der Waals surface area contributed by atoms with Crippen LogP contribution in [0, 0.1) is 6.07 Å². The van der Waals surface area contributed by atoms with Crippen LogP contribution in [0.5, 0.6) is 0 Å². The molecule has 0 aliphatic heterocycles. The third-order valence-corrected chi connectivity index (χ3v) is 0.967. The van der Waals surface area contributed by atoms with Crippen LogP contribution in [-0.4, -0.2) is 29.2 Å². The average molecular weight is 187 g/mol. The summed E-state index contributed by atoms with van der Waals surface area (Å²) in [4.78, 5) is 0. The molecule has 1 nitrogen and oxygen atoms in total. The molecule has 0 saturated carbocycles. The van der Waals surface area contributed by atoms with Crippen LogP contribution in [0.2, 0.25) is 0 Å². The van der Waals surface area contributed by atoms with Crippen LogP contribution >= 0.6 is 0 Å². The van der Waals surface area contributed by atoms with Crippen molar-refractivity contribution in [2.45, 2.75) is 20.0 Å². The molecule has 0 aromatic heterocycles. The Labute approximate surface area is 96.6 Å². The molecule has 0 bridgehead atoms. The molecule has 0 radical (unpaired) electrons. The Morgan fingerprint density at radius 3 is 2.31 bits per heavy atom. The van der Waals surface area contributed by atoms with Gasteiger partial charge in [0.2, 0.25) is 0 Å². The maximum Gasteiger partial charge on any atom is 2.00 e. The van der Waals surface area contributed by atoms with Crippen molar-refractivity contribution in [2.75, 3.05) is 0 Å². The van der Waals surface area contributed by atoms with Crippen molar-refractivity contribution in [1.82, 2.24) is 0 Å². The van der Waals surface area contributed by atoms with Gasteiger partial charge in [-0.25, -0.2) is 0 Å². The molecule has 0 fully saturated rings. The Morgan fingerprint density at radius 1 is 1.54 bits per heavy atom. The van der Waals surface area contributed by atoms with Gasteiger partial charge in [-0.3, -0.25) is 0 Å². The molecule has 0 amide bonds. The molecule has 0 N–H and O–H groups in total. The molecule has 0 saturated heterocycles. The predicted octanol–water partition coefficient (Wildman–Crippen LogP) is 1.50. The minimum Gasteiger partial charge on any atom is -0.852 e. The normalized spacial score (nSPS) is 8.00. The van der Waals surface area contributed by atoms with Crippen LogP contribution in [0.25, 0.3) is 6.08 Å². The molecule has 0 aliphatic rings. The Balaban J connectivity index is 0. The summed E-state index contributed by atoms with van der Waals surface area (Å²) in [7, 11) is 0. The fourth-order valence-corrected chi connectivity index (χ4v) is 0.534. The van der Waals surface area contributed by atoms with E-state index >= 15 is 0 Å². The van der Waals surface area contributed by atoms with Crippen LogP contribution in [0.15, 0.2) is 30.8 Å². The molecular formula is C11H14MgO. The van der Waals surface area contributed by atoms with Crippen molar-refractivity contribution in [1.29, 1.82) is 0 Å². The van der Waals surface area contributed by atoms with Gasteiger partial charge in [0.25, 0.3) is 0 Å². The molecule has 0 aliphatic carbocycles. The average Bonchev–Trinajstić information content (AvgIpc) is 2.05. The SMILES string of the molecule is C=Cc1c[c-]ccc1.CC(C)[O-].[Mg+2]. The third kappa shape index (κ3) is 11.7. The third-order valence-electron chi connectivity index (χ3n) is 0.967. The van der Waals surface area contributed by atoms with Gasteiger partial charge in [-0.2, -0.15) is 30.3 Å². The second-order valence-electron chi connectivity index (χ2n) is 2.59. The van der Waals surface area contributed by atoms with Crippen LogP contribution in [0.4, 0.5) is 0 Å². The molecular weight excluding hydrogens is 172 g/mol. The maximum absolute atomic E-state index is 9.53. The van der Waals surface area contributed by atoms with E-state index in [1.165, 1.54) is 0 Å². The van der Waals surface area contributed by atoms with Gasteiger partial charge >= 0.3 is 23.1 Å². The van der Waals surface area contributed by atoms with E-state index < -0.39 is 6.10 Å². The summed E-state index contributed by atoms with van der Waals surface area (Å²) in [5.41, 5.74) is 1.12. The van der Waals surface area contributed by atoms with Crippen molar-refractivity contribution >= 4 is 29.1 Å². The Morgan fingerprint density at radius 2 is 2.08 bits per heavy atom. The molecule has 1 aromatic carbocycles. The summed E-state index contributed by atoms with van der Waals surface area (Å²) in [6, 6.07) is 10.6. The van der Waals surface area contributed by atoms with Crippen LogP contribution in [0.1, 0.15) is 19.4 Å². The van der Waals surface area contributed by atoms with Crippen LogP contribution in [0.3, 0.4) is 0 Å². The molecule has 2 heteroatoms. The monoisotopic (exact) mass is 186 g/mol. The van der Waals surface area contributed by atoms with Gasteiger partial charge in [-0.05, 0) is 0 Å². The van der Waals surface area contributed by atoms with Gasteiger partial charge < -0.3 is 5.11 Å². The fraction of sp³-hybridized carbons (Fsp3) is 0.273. The second-order valence-corrected chi connectivity index (χ2v) is 2.59. The summed E-state index contributed by atoms with van der Waals surface area (Å²) >= 11 is 0. The van der Waals surface area contributed by atoms with Gasteiger partial charge in [0, 0.05) is 0 Å². The van der Waals surface area contributed by atoms with Crippen molar-refractivity contribution in [3.05, 3.63) is 42.5 Å². The van der Waals surface area contributed by atoms with E-state index in [4.69, 9.17) is 0 Å². The van der Waals surface area contributed by atoms with Gasteiger partial charge in [-0.15, -0.1) is 24.3 Å². The zero-order valence-electron chi connectivity index (χ0n) is 8.29. The minimum absolute atomic E-state index is 0. The van der Waals surface area contributed by atoms with E-state index in [9.17, 15) is 5.11 Å². The first-order valence-electron chi connectivity index (χ1n) is 3.91. The first-order chi connectivity index (χ1) is 5.66. The van der Waals surface area contributed by atoms with Gasteiger partial charge in [0.1, 0.15) is 0 Å². The molecule has 0 heterocycles.